The Morgan fingerprint density at radius 3 is 2.52 bits per heavy atom. The van der Waals surface area contributed by atoms with E-state index in [0.717, 1.165) is 21.5 Å². The highest BCUT2D eigenvalue weighted by molar-refractivity contribution is 14.0. The first-order valence-electron chi connectivity index (χ1n) is 7.11. The number of guanidine groups is 1. The highest BCUT2D eigenvalue weighted by Gasteiger charge is 1.99. The van der Waals surface area contributed by atoms with Crippen LogP contribution in [-0.4, -0.2) is 12.1 Å². The molecule has 0 spiro atoms. The number of nitrogens with two attached hydrogens (primary N) is 1. The lowest BCUT2D eigenvalue weighted by atomic mass is 10.2. The topological polar surface area (TPSA) is 59.6 Å². The third-order valence-electron chi connectivity index (χ3n) is 2.82. The number of benzene rings is 2. The Labute approximate surface area is 162 Å². The Balaban J connectivity index is 0.00000264. The number of rotatable bonds is 5. The molecule has 6 heteroatoms. The lowest BCUT2D eigenvalue weighted by Crippen LogP contribution is -2.22. The number of aliphatic imine (C=N–C) groups is 1. The van der Waals surface area contributed by atoms with Crippen LogP contribution in [0.2, 0.25) is 0 Å². The van der Waals surface area contributed by atoms with Crippen LogP contribution in [0.15, 0.2) is 58.0 Å². The third-order valence-corrected chi connectivity index (χ3v) is 3.31. The minimum absolute atomic E-state index is 0. The molecule has 0 amide bonds. The molecule has 2 aromatic rings. The quantitative estimate of drug-likeness (QED) is 0.361. The monoisotopic (exact) mass is 489 g/mol. The predicted octanol–water partition coefficient (Wildman–Crippen LogP) is 4.78. The largest absolute Gasteiger partial charge is 0.491 e. The van der Waals surface area contributed by atoms with Gasteiger partial charge in [0.1, 0.15) is 5.75 Å². The van der Waals surface area contributed by atoms with Crippen molar-refractivity contribution in [2.75, 3.05) is 5.32 Å². The van der Waals surface area contributed by atoms with Gasteiger partial charge in [0.05, 0.1) is 12.6 Å². The van der Waals surface area contributed by atoms with Gasteiger partial charge in [-0.05, 0) is 55.8 Å². The van der Waals surface area contributed by atoms with Gasteiger partial charge in [0.25, 0.3) is 0 Å². The summed E-state index contributed by atoms with van der Waals surface area (Å²) in [5.41, 5.74) is 7.88. The Hall–Kier alpha value is -1.28. The van der Waals surface area contributed by atoms with Gasteiger partial charge in [-0.15, -0.1) is 24.0 Å². The van der Waals surface area contributed by atoms with Crippen molar-refractivity contribution in [3.63, 3.8) is 0 Å². The van der Waals surface area contributed by atoms with E-state index in [2.05, 4.69) is 26.2 Å². The zero-order chi connectivity index (χ0) is 15.9. The molecule has 2 rings (SSSR count). The molecule has 124 valence electrons. The van der Waals surface area contributed by atoms with Gasteiger partial charge in [-0.2, -0.15) is 0 Å². The fraction of sp³-hybridized carbons (Fsp3) is 0.235. The van der Waals surface area contributed by atoms with Gasteiger partial charge >= 0.3 is 0 Å². The first kappa shape index (κ1) is 19.8. The lowest BCUT2D eigenvalue weighted by molar-refractivity contribution is 0.242. The molecule has 0 saturated carbocycles. The first-order chi connectivity index (χ1) is 10.5. The number of anilines is 1. The zero-order valence-corrected chi connectivity index (χ0v) is 17.0. The van der Waals surface area contributed by atoms with Crippen LogP contribution in [-0.2, 0) is 6.54 Å². The maximum atomic E-state index is 5.91. The van der Waals surface area contributed by atoms with E-state index in [1.165, 1.54) is 0 Å². The molecule has 0 atom stereocenters. The van der Waals surface area contributed by atoms with Gasteiger partial charge in [-0.3, -0.25) is 0 Å². The molecule has 0 aromatic heterocycles. The molecule has 0 heterocycles. The van der Waals surface area contributed by atoms with E-state index in [0.29, 0.717) is 12.5 Å². The summed E-state index contributed by atoms with van der Waals surface area (Å²) in [6, 6.07) is 15.6. The molecule has 2 aromatic carbocycles. The molecule has 0 radical (unpaired) electrons. The van der Waals surface area contributed by atoms with Crippen molar-refractivity contribution in [3.8, 4) is 5.75 Å². The Kier molecular flexibility index (Phi) is 8.40. The van der Waals surface area contributed by atoms with E-state index in [1.807, 2.05) is 62.4 Å². The maximum absolute atomic E-state index is 5.91. The second-order valence-corrected chi connectivity index (χ2v) is 6.06. The minimum atomic E-state index is 0. The average Bonchev–Trinajstić information content (AvgIpc) is 2.47. The molecular weight excluding hydrogens is 469 g/mol. The number of nitrogens with zero attached hydrogens (tertiary/aromatic N) is 1. The summed E-state index contributed by atoms with van der Waals surface area (Å²) in [6.07, 6.45) is 0.163. The van der Waals surface area contributed by atoms with Crippen LogP contribution in [0.5, 0.6) is 5.75 Å². The second kappa shape index (κ2) is 9.77. The summed E-state index contributed by atoms with van der Waals surface area (Å²) in [4.78, 5) is 4.33. The molecule has 0 bridgehead atoms. The van der Waals surface area contributed by atoms with Crippen LogP contribution in [0.1, 0.15) is 19.4 Å². The summed E-state index contributed by atoms with van der Waals surface area (Å²) >= 11 is 3.44. The lowest BCUT2D eigenvalue weighted by Gasteiger charge is -2.11. The Bertz CT molecular complexity index is 645. The Morgan fingerprint density at radius 1 is 1.22 bits per heavy atom. The standard InChI is InChI=1S/C17H20BrN3O.HI/c1-12(2)22-16-8-6-15(7-9-16)21-17(19)20-11-13-4-3-5-14(18)10-13;/h3-10,12H,11H2,1-2H3,(H3,19,20,21);1H. The number of ether oxygens (including phenoxy) is 1. The van der Waals surface area contributed by atoms with Crippen molar-refractivity contribution in [1.29, 1.82) is 0 Å². The fourth-order valence-corrected chi connectivity index (χ4v) is 2.33. The highest BCUT2D eigenvalue weighted by Crippen LogP contribution is 2.17. The van der Waals surface area contributed by atoms with E-state index in [4.69, 9.17) is 10.5 Å². The predicted molar refractivity (Wildman–Crippen MR) is 111 cm³/mol. The van der Waals surface area contributed by atoms with Gasteiger partial charge in [0.2, 0.25) is 0 Å². The van der Waals surface area contributed by atoms with Gasteiger partial charge < -0.3 is 15.8 Å². The third kappa shape index (κ3) is 7.22. The van der Waals surface area contributed by atoms with Gasteiger partial charge in [-0.1, -0.05) is 28.1 Å². The molecule has 0 saturated heterocycles. The fourth-order valence-electron chi connectivity index (χ4n) is 1.89. The van der Waals surface area contributed by atoms with Crippen LogP contribution < -0.4 is 15.8 Å². The van der Waals surface area contributed by atoms with Crippen LogP contribution >= 0.6 is 39.9 Å². The molecule has 0 aliphatic heterocycles. The van der Waals surface area contributed by atoms with Gasteiger partial charge in [0, 0.05) is 10.2 Å². The van der Waals surface area contributed by atoms with Crippen LogP contribution in [0.25, 0.3) is 0 Å². The van der Waals surface area contributed by atoms with Crippen molar-refractivity contribution in [2.24, 2.45) is 10.7 Å². The van der Waals surface area contributed by atoms with Crippen LogP contribution in [0, 0.1) is 0 Å². The molecule has 3 N–H and O–H groups in total. The summed E-state index contributed by atoms with van der Waals surface area (Å²) in [5.74, 6) is 1.22. The molecule has 0 fully saturated rings. The van der Waals surface area contributed by atoms with E-state index < -0.39 is 0 Å². The SMILES string of the molecule is CC(C)Oc1ccc(NC(N)=NCc2cccc(Br)c2)cc1.I. The summed E-state index contributed by atoms with van der Waals surface area (Å²) in [5, 5.41) is 3.07. The van der Waals surface area contributed by atoms with Crippen molar-refractivity contribution >= 4 is 51.6 Å². The molecule has 0 unspecified atom stereocenters. The van der Waals surface area contributed by atoms with Gasteiger partial charge in [-0.25, -0.2) is 4.99 Å². The molecule has 23 heavy (non-hydrogen) atoms. The zero-order valence-electron chi connectivity index (χ0n) is 13.1. The molecule has 4 nitrogen and oxygen atoms in total. The number of hydrogen-bond donors (Lipinski definition) is 2. The van der Waals surface area contributed by atoms with Crippen molar-refractivity contribution in [2.45, 2.75) is 26.5 Å². The smallest absolute Gasteiger partial charge is 0.193 e. The van der Waals surface area contributed by atoms with E-state index in [-0.39, 0.29) is 30.1 Å². The van der Waals surface area contributed by atoms with Crippen molar-refractivity contribution < 1.29 is 4.74 Å². The summed E-state index contributed by atoms with van der Waals surface area (Å²) in [6.45, 7) is 4.53. The molecule has 0 aliphatic carbocycles. The van der Waals surface area contributed by atoms with Crippen molar-refractivity contribution in [1.82, 2.24) is 0 Å². The molecule has 0 aliphatic rings. The second-order valence-electron chi connectivity index (χ2n) is 5.15. The maximum Gasteiger partial charge on any atom is 0.193 e. The summed E-state index contributed by atoms with van der Waals surface area (Å²) < 4.78 is 6.63. The normalized spacial score (nSPS) is 11.0. The first-order valence-corrected chi connectivity index (χ1v) is 7.90. The van der Waals surface area contributed by atoms with E-state index in [1.54, 1.807) is 0 Å². The van der Waals surface area contributed by atoms with Crippen LogP contribution in [0.4, 0.5) is 5.69 Å². The van der Waals surface area contributed by atoms with Gasteiger partial charge in [0.15, 0.2) is 5.96 Å². The Morgan fingerprint density at radius 2 is 1.91 bits per heavy atom. The average molecular weight is 490 g/mol. The molecular formula is C17H21BrIN3O. The van der Waals surface area contributed by atoms with Crippen LogP contribution in [0.3, 0.4) is 0 Å². The number of nitrogens with one attached hydrogen (secondary N) is 1. The highest BCUT2D eigenvalue weighted by atomic mass is 127. The van der Waals surface area contributed by atoms with E-state index >= 15 is 0 Å². The van der Waals surface area contributed by atoms with E-state index in [9.17, 15) is 0 Å². The number of hydrogen-bond acceptors (Lipinski definition) is 2. The van der Waals surface area contributed by atoms with Crippen molar-refractivity contribution in [3.05, 3.63) is 58.6 Å². The number of halogens is 2. The summed E-state index contributed by atoms with van der Waals surface area (Å²) in [7, 11) is 0. The minimum Gasteiger partial charge on any atom is -0.491 e.